The van der Waals surface area contributed by atoms with Gasteiger partial charge in [-0.15, -0.1) is 11.3 Å². The Kier molecular flexibility index (Phi) is 7.35. The van der Waals surface area contributed by atoms with E-state index in [0.29, 0.717) is 17.5 Å². The van der Waals surface area contributed by atoms with Gasteiger partial charge in [-0.05, 0) is 72.8 Å². The lowest BCUT2D eigenvalue weighted by Crippen LogP contribution is -2.02. The van der Waals surface area contributed by atoms with E-state index >= 15 is 0 Å². The Balaban J connectivity index is 1.15. The number of thiophene rings is 1. The molecule has 0 N–H and O–H groups in total. The minimum absolute atomic E-state index is 0.635. The molecule has 4 heteroatoms. The van der Waals surface area contributed by atoms with Crippen molar-refractivity contribution in [2.75, 3.05) is 0 Å². The summed E-state index contributed by atoms with van der Waals surface area (Å²) in [6.07, 6.45) is 0. The Morgan fingerprint density at radius 1 is 0.309 bits per heavy atom. The van der Waals surface area contributed by atoms with Gasteiger partial charge in [0.25, 0.3) is 0 Å². The van der Waals surface area contributed by atoms with E-state index in [-0.39, 0.29) is 0 Å². The molecule has 0 spiro atoms. The fourth-order valence-electron chi connectivity index (χ4n) is 8.16. The number of benzene rings is 9. The van der Waals surface area contributed by atoms with Gasteiger partial charge in [-0.2, -0.15) is 0 Å². The molecule has 55 heavy (non-hydrogen) atoms. The van der Waals surface area contributed by atoms with E-state index in [1.54, 1.807) is 0 Å². The summed E-state index contributed by atoms with van der Waals surface area (Å²) in [6, 6.07) is 66.8. The van der Waals surface area contributed by atoms with Crippen LogP contribution in [0.1, 0.15) is 0 Å². The number of hydrogen-bond acceptors (Lipinski definition) is 4. The summed E-state index contributed by atoms with van der Waals surface area (Å²) in [5.41, 5.74) is 7.48. The lowest BCUT2D eigenvalue weighted by molar-refractivity contribution is 1.08. The van der Waals surface area contributed by atoms with Crippen LogP contribution in [0.5, 0.6) is 0 Å². The Hall–Kier alpha value is -7.01. The molecule has 2 aromatic heterocycles. The molecule has 0 bridgehead atoms. The van der Waals surface area contributed by atoms with E-state index in [0.717, 1.165) is 49.5 Å². The predicted molar refractivity (Wildman–Crippen MR) is 232 cm³/mol. The molecule has 0 aliphatic carbocycles. The third-order valence-corrected chi connectivity index (χ3v) is 11.9. The molecule has 0 fully saturated rings. The molecule has 11 aromatic rings. The Bertz CT molecular complexity index is 3260. The van der Waals surface area contributed by atoms with Crippen molar-refractivity contribution >= 4 is 63.8 Å². The minimum Gasteiger partial charge on any atom is -0.208 e. The van der Waals surface area contributed by atoms with Gasteiger partial charge in [0.05, 0.1) is 0 Å². The lowest BCUT2D eigenvalue weighted by atomic mass is 9.93. The molecule has 2 heterocycles. The molecular formula is C51H31N3S. The van der Waals surface area contributed by atoms with Crippen LogP contribution in [0.3, 0.4) is 0 Å². The Labute approximate surface area is 321 Å². The number of nitrogens with zero attached hydrogens (tertiary/aromatic N) is 3. The maximum Gasteiger partial charge on any atom is 0.165 e. The molecule has 0 unspecified atom stereocenters. The van der Waals surface area contributed by atoms with Gasteiger partial charge in [-0.25, -0.2) is 15.0 Å². The average molecular weight is 718 g/mol. The van der Waals surface area contributed by atoms with Gasteiger partial charge in [0.1, 0.15) is 0 Å². The molecule has 9 aromatic carbocycles. The zero-order valence-electron chi connectivity index (χ0n) is 29.6. The van der Waals surface area contributed by atoms with Crippen LogP contribution in [-0.2, 0) is 0 Å². The van der Waals surface area contributed by atoms with Gasteiger partial charge < -0.3 is 0 Å². The van der Waals surface area contributed by atoms with Crippen LogP contribution >= 0.6 is 11.3 Å². The van der Waals surface area contributed by atoms with Crippen molar-refractivity contribution in [3.63, 3.8) is 0 Å². The lowest BCUT2D eigenvalue weighted by Gasteiger charge is -2.15. The van der Waals surface area contributed by atoms with Crippen LogP contribution in [0.2, 0.25) is 0 Å². The van der Waals surface area contributed by atoms with Crippen molar-refractivity contribution in [2.45, 2.75) is 0 Å². The largest absolute Gasteiger partial charge is 0.208 e. The first-order chi connectivity index (χ1) is 27.3. The van der Waals surface area contributed by atoms with E-state index < -0.39 is 0 Å². The smallest absolute Gasteiger partial charge is 0.165 e. The maximum atomic E-state index is 5.37. The van der Waals surface area contributed by atoms with Gasteiger partial charge in [-0.3, -0.25) is 0 Å². The van der Waals surface area contributed by atoms with Gasteiger partial charge in [0, 0.05) is 36.9 Å². The molecule has 0 aliphatic heterocycles. The fraction of sp³-hybridized carbons (Fsp3) is 0. The highest BCUT2D eigenvalue weighted by Crippen LogP contribution is 2.42. The van der Waals surface area contributed by atoms with E-state index in [1.165, 1.54) is 41.9 Å². The highest BCUT2D eigenvalue weighted by molar-refractivity contribution is 7.25. The Morgan fingerprint density at radius 2 is 0.909 bits per heavy atom. The van der Waals surface area contributed by atoms with Crippen molar-refractivity contribution in [1.82, 2.24) is 15.0 Å². The molecule has 11 rings (SSSR count). The molecular weight excluding hydrogens is 687 g/mol. The van der Waals surface area contributed by atoms with Gasteiger partial charge in [0.15, 0.2) is 17.5 Å². The summed E-state index contributed by atoms with van der Waals surface area (Å²) < 4.78 is 2.60. The summed E-state index contributed by atoms with van der Waals surface area (Å²) >= 11 is 1.84. The average Bonchev–Trinajstić information content (AvgIpc) is 3.65. The molecule has 0 atom stereocenters. The SMILES string of the molecule is c1ccc(-c2ccccc2-c2nc(-c3ccc(-c4cccc5sc6ccccc6c45)cc3)nc(-c3c4ccccc4cc4c3ccc3ccccc34)n2)cc1. The van der Waals surface area contributed by atoms with Crippen molar-refractivity contribution < 1.29 is 0 Å². The van der Waals surface area contributed by atoms with Gasteiger partial charge >= 0.3 is 0 Å². The zero-order valence-corrected chi connectivity index (χ0v) is 30.5. The highest BCUT2D eigenvalue weighted by Gasteiger charge is 2.20. The zero-order chi connectivity index (χ0) is 36.3. The van der Waals surface area contributed by atoms with E-state index in [2.05, 4.69) is 182 Å². The van der Waals surface area contributed by atoms with Crippen molar-refractivity contribution in [3.05, 3.63) is 188 Å². The predicted octanol–water partition coefficient (Wildman–Crippen LogP) is 14.0. The van der Waals surface area contributed by atoms with Crippen LogP contribution in [0, 0.1) is 0 Å². The second-order valence-electron chi connectivity index (χ2n) is 13.9. The summed E-state index contributed by atoms with van der Waals surface area (Å²) in [5, 5.41) is 9.55. The van der Waals surface area contributed by atoms with Crippen LogP contribution in [0.4, 0.5) is 0 Å². The summed E-state index contributed by atoms with van der Waals surface area (Å²) in [4.78, 5) is 16.0. The third-order valence-electron chi connectivity index (χ3n) is 10.7. The first-order valence-electron chi connectivity index (χ1n) is 18.5. The summed E-state index contributed by atoms with van der Waals surface area (Å²) in [6.45, 7) is 0. The van der Waals surface area contributed by atoms with Crippen molar-refractivity contribution in [1.29, 1.82) is 0 Å². The van der Waals surface area contributed by atoms with E-state index in [1.807, 2.05) is 17.4 Å². The molecule has 0 amide bonds. The first-order valence-corrected chi connectivity index (χ1v) is 19.3. The molecule has 0 saturated carbocycles. The fourth-order valence-corrected chi connectivity index (χ4v) is 9.29. The minimum atomic E-state index is 0.635. The number of aromatic nitrogens is 3. The first kappa shape index (κ1) is 31.5. The van der Waals surface area contributed by atoms with E-state index in [4.69, 9.17) is 15.0 Å². The second-order valence-corrected chi connectivity index (χ2v) is 15.0. The van der Waals surface area contributed by atoms with Crippen LogP contribution < -0.4 is 0 Å². The summed E-state index contributed by atoms with van der Waals surface area (Å²) in [7, 11) is 0. The molecule has 0 radical (unpaired) electrons. The van der Waals surface area contributed by atoms with Gasteiger partial charge in [0.2, 0.25) is 0 Å². The molecule has 0 saturated heterocycles. The van der Waals surface area contributed by atoms with Crippen LogP contribution in [-0.4, -0.2) is 15.0 Å². The van der Waals surface area contributed by atoms with Crippen LogP contribution in [0.15, 0.2) is 188 Å². The molecule has 0 aliphatic rings. The van der Waals surface area contributed by atoms with Gasteiger partial charge in [-0.1, -0.05) is 170 Å². The summed E-state index contributed by atoms with van der Waals surface area (Å²) in [5.74, 6) is 1.92. The van der Waals surface area contributed by atoms with Crippen molar-refractivity contribution in [3.8, 4) is 56.4 Å². The molecule has 3 nitrogen and oxygen atoms in total. The Morgan fingerprint density at radius 3 is 1.76 bits per heavy atom. The second kappa shape index (κ2) is 12.8. The molecule has 256 valence electrons. The normalized spacial score (nSPS) is 11.6. The van der Waals surface area contributed by atoms with E-state index in [9.17, 15) is 0 Å². The monoisotopic (exact) mass is 717 g/mol. The number of hydrogen-bond donors (Lipinski definition) is 0. The van der Waals surface area contributed by atoms with Crippen LogP contribution in [0.25, 0.3) is 109 Å². The standard InChI is InChI=1S/C51H31N3S/c1-2-13-32(14-3-1)37-17-8-9-20-42(37)50-52-49(35-27-25-34(26-28-35)39-22-12-24-46-47(39)43-21-10-11-23-45(43)55-46)53-51(54-50)48-40-19-7-5-16-36(40)31-44-38-18-6-4-15-33(38)29-30-41(44)48/h1-31H. The van der Waals surface area contributed by atoms with Crippen molar-refractivity contribution in [2.24, 2.45) is 0 Å². The number of fused-ring (bicyclic) bond motifs is 7. The topological polar surface area (TPSA) is 38.7 Å². The third kappa shape index (κ3) is 5.30. The highest BCUT2D eigenvalue weighted by atomic mass is 32.1. The maximum absolute atomic E-state index is 5.37. The number of rotatable bonds is 5. The quantitative estimate of drug-likeness (QED) is 0.131.